The van der Waals surface area contributed by atoms with Crippen LogP contribution in [0.25, 0.3) is 0 Å². The molecule has 0 saturated heterocycles. The lowest BCUT2D eigenvalue weighted by Crippen LogP contribution is -2.44. The molecule has 5 heteroatoms. The van der Waals surface area contributed by atoms with Gasteiger partial charge in [-0.3, -0.25) is 4.90 Å². The molecule has 0 aromatic heterocycles. The van der Waals surface area contributed by atoms with E-state index in [1.807, 2.05) is 6.92 Å². The van der Waals surface area contributed by atoms with Crippen LogP contribution in [0.2, 0.25) is 0 Å². The van der Waals surface area contributed by atoms with Gasteiger partial charge in [0.2, 0.25) is 0 Å². The molecule has 0 spiro atoms. The van der Waals surface area contributed by atoms with Crippen LogP contribution in [0.5, 0.6) is 0 Å². The number of nitrogens with zero attached hydrogens (tertiary/aromatic N) is 1. The van der Waals surface area contributed by atoms with Crippen LogP contribution in [0.15, 0.2) is 0 Å². The lowest BCUT2D eigenvalue weighted by atomic mass is 10.1. The van der Waals surface area contributed by atoms with E-state index in [4.69, 9.17) is 0 Å². The summed E-state index contributed by atoms with van der Waals surface area (Å²) < 4.78 is 37.0. The number of hydrogen-bond donors (Lipinski definition) is 1. The van der Waals surface area contributed by atoms with E-state index < -0.39 is 12.7 Å². The van der Waals surface area contributed by atoms with Crippen molar-refractivity contribution in [3.05, 3.63) is 0 Å². The molecule has 0 bridgehead atoms. The number of halogens is 3. The molecule has 0 aliphatic rings. The first-order chi connectivity index (χ1) is 7.63. The van der Waals surface area contributed by atoms with Gasteiger partial charge in [-0.05, 0) is 26.7 Å². The lowest BCUT2D eigenvalue weighted by molar-refractivity contribution is -0.149. The van der Waals surface area contributed by atoms with Crippen molar-refractivity contribution in [1.29, 1.82) is 0 Å². The molecule has 1 atom stereocenters. The summed E-state index contributed by atoms with van der Waals surface area (Å²) in [5.41, 5.74) is 0. The van der Waals surface area contributed by atoms with E-state index in [-0.39, 0.29) is 6.04 Å². The highest BCUT2D eigenvalue weighted by atomic mass is 19.4. The second-order valence-electron chi connectivity index (χ2n) is 5.17. The van der Waals surface area contributed by atoms with Crippen LogP contribution in [-0.2, 0) is 0 Å². The SMILES string of the molecule is CC(C)C(C)NCCN(CC(F)(F)F)C(C)C. The first kappa shape index (κ1) is 16.7. The molecule has 0 aliphatic carbocycles. The summed E-state index contributed by atoms with van der Waals surface area (Å²) in [6, 6.07) is 0.239. The molecule has 0 fully saturated rings. The summed E-state index contributed by atoms with van der Waals surface area (Å²) in [6.45, 7) is 9.99. The molecule has 0 radical (unpaired) electrons. The Kier molecular flexibility index (Phi) is 7.09. The minimum Gasteiger partial charge on any atom is -0.313 e. The molecule has 104 valence electrons. The molecule has 0 aliphatic heterocycles. The minimum atomic E-state index is -4.12. The van der Waals surface area contributed by atoms with Crippen molar-refractivity contribution in [2.75, 3.05) is 19.6 Å². The Bertz CT molecular complexity index is 202. The molecule has 17 heavy (non-hydrogen) atoms. The molecular weight excluding hydrogens is 229 g/mol. The van der Waals surface area contributed by atoms with Gasteiger partial charge in [0.1, 0.15) is 0 Å². The second-order valence-corrected chi connectivity index (χ2v) is 5.17. The first-order valence-electron chi connectivity index (χ1n) is 6.17. The van der Waals surface area contributed by atoms with Crippen LogP contribution >= 0.6 is 0 Å². The Balaban J connectivity index is 4.03. The average Bonchev–Trinajstić information content (AvgIpc) is 2.13. The number of rotatable bonds is 7. The number of alkyl halides is 3. The van der Waals surface area contributed by atoms with E-state index in [0.29, 0.717) is 25.0 Å². The van der Waals surface area contributed by atoms with E-state index in [9.17, 15) is 13.2 Å². The van der Waals surface area contributed by atoms with E-state index in [0.717, 1.165) is 0 Å². The predicted molar refractivity (Wildman–Crippen MR) is 65.1 cm³/mol. The van der Waals surface area contributed by atoms with Gasteiger partial charge in [0.25, 0.3) is 0 Å². The van der Waals surface area contributed by atoms with Crippen LogP contribution in [0.1, 0.15) is 34.6 Å². The summed E-state index contributed by atoms with van der Waals surface area (Å²) >= 11 is 0. The third-order valence-corrected chi connectivity index (χ3v) is 2.98. The minimum absolute atomic E-state index is 0.0900. The van der Waals surface area contributed by atoms with Gasteiger partial charge in [-0.25, -0.2) is 0 Å². The maximum Gasteiger partial charge on any atom is 0.401 e. The summed E-state index contributed by atoms with van der Waals surface area (Å²) in [5, 5.41) is 3.24. The smallest absolute Gasteiger partial charge is 0.313 e. The van der Waals surface area contributed by atoms with Crippen molar-refractivity contribution >= 4 is 0 Å². The zero-order chi connectivity index (χ0) is 13.6. The van der Waals surface area contributed by atoms with Gasteiger partial charge in [0.05, 0.1) is 6.54 Å². The standard InChI is InChI=1S/C12H25F3N2/c1-9(2)11(5)16-6-7-17(10(3)4)8-12(13,14)15/h9-11,16H,6-8H2,1-5H3. The largest absolute Gasteiger partial charge is 0.401 e. The third-order valence-electron chi connectivity index (χ3n) is 2.98. The van der Waals surface area contributed by atoms with Crippen molar-refractivity contribution < 1.29 is 13.2 Å². The Morgan fingerprint density at radius 1 is 1.06 bits per heavy atom. The average molecular weight is 254 g/mol. The number of nitrogens with one attached hydrogen (secondary N) is 1. The van der Waals surface area contributed by atoms with E-state index >= 15 is 0 Å². The number of hydrogen-bond acceptors (Lipinski definition) is 2. The van der Waals surface area contributed by atoms with Crippen molar-refractivity contribution in [2.45, 2.75) is 52.9 Å². The second kappa shape index (κ2) is 7.21. The Morgan fingerprint density at radius 2 is 1.59 bits per heavy atom. The van der Waals surface area contributed by atoms with Gasteiger partial charge in [0, 0.05) is 25.2 Å². The lowest BCUT2D eigenvalue weighted by Gasteiger charge is -2.28. The molecule has 0 heterocycles. The predicted octanol–water partition coefficient (Wildman–Crippen LogP) is 2.89. The van der Waals surface area contributed by atoms with Crippen molar-refractivity contribution in [3.8, 4) is 0 Å². The molecular formula is C12H25F3N2. The fourth-order valence-corrected chi connectivity index (χ4v) is 1.42. The maximum atomic E-state index is 12.3. The van der Waals surface area contributed by atoms with Gasteiger partial charge < -0.3 is 5.32 Å². The van der Waals surface area contributed by atoms with Crippen LogP contribution in [0, 0.1) is 5.92 Å². The third kappa shape index (κ3) is 8.44. The highest BCUT2D eigenvalue weighted by Crippen LogP contribution is 2.17. The molecule has 1 unspecified atom stereocenters. The Morgan fingerprint density at radius 3 is 1.94 bits per heavy atom. The Hall–Kier alpha value is -0.290. The van der Waals surface area contributed by atoms with Gasteiger partial charge >= 0.3 is 6.18 Å². The van der Waals surface area contributed by atoms with Crippen molar-refractivity contribution in [3.63, 3.8) is 0 Å². The van der Waals surface area contributed by atoms with Crippen LogP contribution in [0.3, 0.4) is 0 Å². The highest BCUT2D eigenvalue weighted by molar-refractivity contribution is 4.71. The first-order valence-corrected chi connectivity index (χ1v) is 6.17. The van der Waals surface area contributed by atoms with Crippen LogP contribution in [0.4, 0.5) is 13.2 Å². The molecule has 0 aromatic rings. The summed E-state index contributed by atoms with van der Waals surface area (Å²) in [5.74, 6) is 0.491. The summed E-state index contributed by atoms with van der Waals surface area (Å²) in [7, 11) is 0. The normalized spacial score (nSPS) is 15.0. The van der Waals surface area contributed by atoms with E-state index in [2.05, 4.69) is 19.2 Å². The van der Waals surface area contributed by atoms with E-state index in [1.54, 1.807) is 13.8 Å². The monoisotopic (exact) mass is 254 g/mol. The Labute approximate surface area is 103 Å². The van der Waals surface area contributed by atoms with Gasteiger partial charge in [-0.1, -0.05) is 13.8 Å². The van der Waals surface area contributed by atoms with Gasteiger partial charge in [0.15, 0.2) is 0 Å². The molecule has 0 rings (SSSR count). The topological polar surface area (TPSA) is 15.3 Å². The van der Waals surface area contributed by atoms with Gasteiger partial charge in [-0.2, -0.15) is 13.2 Å². The van der Waals surface area contributed by atoms with Crippen molar-refractivity contribution in [2.24, 2.45) is 5.92 Å². The summed E-state index contributed by atoms with van der Waals surface area (Å²) in [6.07, 6.45) is -4.12. The fourth-order valence-electron chi connectivity index (χ4n) is 1.42. The van der Waals surface area contributed by atoms with Gasteiger partial charge in [-0.15, -0.1) is 0 Å². The molecule has 0 amide bonds. The zero-order valence-corrected chi connectivity index (χ0v) is 11.4. The van der Waals surface area contributed by atoms with E-state index in [1.165, 1.54) is 4.90 Å². The maximum absolute atomic E-state index is 12.3. The highest BCUT2D eigenvalue weighted by Gasteiger charge is 2.31. The zero-order valence-electron chi connectivity index (χ0n) is 11.4. The molecule has 0 saturated carbocycles. The fraction of sp³-hybridized carbons (Fsp3) is 1.00. The molecule has 2 nitrogen and oxygen atoms in total. The van der Waals surface area contributed by atoms with Crippen LogP contribution < -0.4 is 5.32 Å². The summed E-state index contributed by atoms with van der Waals surface area (Å²) in [4.78, 5) is 1.44. The van der Waals surface area contributed by atoms with Crippen molar-refractivity contribution in [1.82, 2.24) is 10.2 Å². The van der Waals surface area contributed by atoms with Crippen LogP contribution in [-0.4, -0.2) is 42.8 Å². The quantitative estimate of drug-likeness (QED) is 0.751. The molecule has 0 aromatic carbocycles. The molecule has 1 N–H and O–H groups in total.